The highest BCUT2D eigenvalue weighted by Crippen LogP contribution is 2.16. The normalized spacial score (nSPS) is 18.2. The Hall–Kier alpha value is -1.43. The fourth-order valence-electron chi connectivity index (χ4n) is 3.29. The van der Waals surface area contributed by atoms with Gasteiger partial charge in [-0.25, -0.2) is 0 Å². The number of nitrogens with zero attached hydrogens (tertiary/aromatic N) is 2. The molecule has 1 unspecified atom stereocenters. The maximum atomic E-state index is 12.1. The fraction of sp³-hybridized carbons (Fsp3) is 0.632. The third kappa shape index (κ3) is 6.23. The molecule has 0 radical (unpaired) electrons. The average Bonchev–Trinajstić information content (AvgIpc) is 2.99. The molecule has 1 aliphatic rings. The zero-order chi connectivity index (χ0) is 17.4. The van der Waals surface area contributed by atoms with E-state index < -0.39 is 0 Å². The second-order valence-corrected chi connectivity index (χ2v) is 6.85. The molecule has 1 atom stereocenters. The number of carbonyl (C=O) groups is 1. The number of rotatable bonds is 9. The van der Waals surface area contributed by atoms with Gasteiger partial charge in [-0.3, -0.25) is 9.69 Å². The summed E-state index contributed by atoms with van der Waals surface area (Å²) in [6.45, 7) is 8.16. The lowest BCUT2D eigenvalue weighted by atomic mass is 10.1. The highest BCUT2D eigenvalue weighted by atomic mass is 16.5. The van der Waals surface area contributed by atoms with E-state index in [-0.39, 0.29) is 5.91 Å². The van der Waals surface area contributed by atoms with Crippen LogP contribution in [-0.2, 0) is 16.1 Å². The fourth-order valence-corrected chi connectivity index (χ4v) is 3.29. The summed E-state index contributed by atoms with van der Waals surface area (Å²) in [4.78, 5) is 16.7. The minimum atomic E-state index is 0.0926. The molecule has 1 N–H and O–H groups in total. The quantitative estimate of drug-likeness (QED) is 0.744. The van der Waals surface area contributed by atoms with Crippen molar-refractivity contribution in [2.45, 2.75) is 19.9 Å². The third-order valence-electron chi connectivity index (χ3n) is 4.70. The molecule has 0 aliphatic carbocycles. The van der Waals surface area contributed by atoms with E-state index in [1.54, 1.807) is 7.11 Å². The van der Waals surface area contributed by atoms with Gasteiger partial charge >= 0.3 is 0 Å². The number of benzene rings is 1. The molecule has 5 nitrogen and oxygen atoms in total. The average molecular weight is 333 g/mol. The van der Waals surface area contributed by atoms with Crippen LogP contribution in [0, 0.1) is 12.8 Å². The largest absolute Gasteiger partial charge is 0.383 e. The molecule has 0 aromatic heterocycles. The standard InChI is InChI=1S/C19H31N3O2/c1-16-6-4-5-7-18(16)12-20-19(23)15-21(2)13-17-8-9-22(14-17)10-11-24-3/h4-7,17H,8-15H2,1-3H3,(H,20,23). The van der Waals surface area contributed by atoms with E-state index in [1.807, 2.05) is 19.2 Å². The second-order valence-electron chi connectivity index (χ2n) is 6.85. The maximum Gasteiger partial charge on any atom is 0.234 e. The van der Waals surface area contributed by atoms with Gasteiger partial charge in [-0.1, -0.05) is 24.3 Å². The summed E-state index contributed by atoms with van der Waals surface area (Å²) < 4.78 is 5.14. The highest BCUT2D eigenvalue weighted by molar-refractivity contribution is 5.78. The minimum absolute atomic E-state index is 0.0926. The van der Waals surface area contributed by atoms with Crippen molar-refractivity contribution in [1.82, 2.24) is 15.1 Å². The van der Waals surface area contributed by atoms with Gasteiger partial charge in [-0.15, -0.1) is 0 Å². The first-order valence-corrected chi connectivity index (χ1v) is 8.79. The molecule has 1 aliphatic heterocycles. The number of nitrogens with one attached hydrogen (secondary N) is 1. The van der Waals surface area contributed by atoms with Crippen LogP contribution >= 0.6 is 0 Å². The van der Waals surface area contributed by atoms with E-state index >= 15 is 0 Å². The predicted octanol–water partition coefficient (Wildman–Crippen LogP) is 1.51. The van der Waals surface area contributed by atoms with Crippen molar-refractivity contribution in [1.29, 1.82) is 0 Å². The van der Waals surface area contributed by atoms with E-state index in [1.165, 1.54) is 17.5 Å². The smallest absolute Gasteiger partial charge is 0.234 e. The van der Waals surface area contributed by atoms with E-state index in [2.05, 4.69) is 34.2 Å². The molecule has 0 spiro atoms. The SMILES string of the molecule is COCCN1CCC(CN(C)CC(=O)NCc2ccccc2C)C1. The van der Waals surface area contributed by atoms with Crippen molar-refractivity contribution in [3.63, 3.8) is 0 Å². The molecule has 1 saturated heterocycles. The van der Waals surface area contributed by atoms with Crippen molar-refractivity contribution in [2.75, 3.05) is 53.5 Å². The third-order valence-corrected chi connectivity index (χ3v) is 4.70. The Morgan fingerprint density at radius 1 is 1.42 bits per heavy atom. The molecule has 1 fully saturated rings. The van der Waals surface area contributed by atoms with Crippen LogP contribution in [0.3, 0.4) is 0 Å². The van der Waals surface area contributed by atoms with Gasteiger partial charge in [-0.2, -0.15) is 0 Å². The van der Waals surface area contributed by atoms with Crippen molar-refractivity contribution < 1.29 is 9.53 Å². The predicted molar refractivity (Wildman–Crippen MR) is 96.9 cm³/mol. The van der Waals surface area contributed by atoms with Crippen LogP contribution < -0.4 is 5.32 Å². The van der Waals surface area contributed by atoms with Crippen LogP contribution in [0.1, 0.15) is 17.5 Å². The van der Waals surface area contributed by atoms with Crippen molar-refractivity contribution in [3.05, 3.63) is 35.4 Å². The number of ether oxygens (including phenoxy) is 1. The van der Waals surface area contributed by atoms with Crippen LogP contribution in [-0.4, -0.2) is 69.2 Å². The van der Waals surface area contributed by atoms with Gasteiger partial charge in [0, 0.05) is 33.3 Å². The summed E-state index contributed by atoms with van der Waals surface area (Å²) in [7, 11) is 3.78. The lowest BCUT2D eigenvalue weighted by Crippen LogP contribution is -2.37. The monoisotopic (exact) mass is 333 g/mol. The lowest BCUT2D eigenvalue weighted by Gasteiger charge is -2.21. The first-order valence-electron chi connectivity index (χ1n) is 8.79. The minimum Gasteiger partial charge on any atom is -0.383 e. The number of amides is 1. The summed E-state index contributed by atoms with van der Waals surface area (Å²) in [5, 5.41) is 3.02. The van der Waals surface area contributed by atoms with Gasteiger partial charge in [0.15, 0.2) is 0 Å². The number of hydrogen-bond donors (Lipinski definition) is 1. The summed E-state index contributed by atoms with van der Waals surface area (Å²) in [5.41, 5.74) is 2.39. The van der Waals surface area contributed by atoms with Gasteiger partial charge in [0.25, 0.3) is 0 Å². The summed E-state index contributed by atoms with van der Waals surface area (Å²) >= 11 is 0. The highest BCUT2D eigenvalue weighted by Gasteiger charge is 2.23. The van der Waals surface area contributed by atoms with Crippen molar-refractivity contribution >= 4 is 5.91 Å². The number of likely N-dealkylation sites (tertiary alicyclic amines) is 1. The Kier molecular flexibility index (Phi) is 7.69. The van der Waals surface area contributed by atoms with E-state index in [0.29, 0.717) is 19.0 Å². The molecule has 0 saturated carbocycles. The summed E-state index contributed by atoms with van der Waals surface area (Å²) in [5.74, 6) is 0.742. The number of hydrogen-bond acceptors (Lipinski definition) is 4. The van der Waals surface area contributed by atoms with Gasteiger partial charge in [-0.05, 0) is 44.0 Å². The Morgan fingerprint density at radius 3 is 2.96 bits per heavy atom. The van der Waals surface area contributed by atoms with E-state index in [9.17, 15) is 4.79 Å². The molecule has 0 bridgehead atoms. The first kappa shape index (κ1) is 18.9. The molecular weight excluding hydrogens is 302 g/mol. The van der Waals surface area contributed by atoms with Crippen LogP contribution in [0.4, 0.5) is 0 Å². The summed E-state index contributed by atoms with van der Waals surface area (Å²) in [6, 6.07) is 8.16. The van der Waals surface area contributed by atoms with E-state index in [4.69, 9.17) is 4.74 Å². The molecule has 1 amide bonds. The molecule has 134 valence electrons. The lowest BCUT2D eigenvalue weighted by molar-refractivity contribution is -0.122. The number of carbonyl (C=O) groups excluding carboxylic acids is 1. The number of likely N-dealkylation sites (N-methyl/N-ethyl adjacent to an activating group) is 1. The Balaban J connectivity index is 1.66. The molecule has 5 heteroatoms. The number of methoxy groups -OCH3 is 1. The van der Waals surface area contributed by atoms with Gasteiger partial charge in [0.2, 0.25) is 5.91 Å². The van der Waals surface area contributed by atoms with Gasteiger partial charge in [0.05, 0.1) is 13.2 Å². The Morgan fingerprint density at radius 2 is 2.21 bits per heavy atom. The Bertz CT molecular complexity index is 521. The van der Waals surface area contributed by atoms with Crippen LogP contribution in [0.2, 0.25) is 0 Å². The number of aryl methyl sites for hydroxylation is 1. The zero-order valence-electron chi connectivity index (χ0n) is 15.3. The second kappa shape index (κ2) is 9.77. The van der Waals surface area contributed by atoms with E-state index in [0.717, 1.165) is 32.8 Å². The molecule has 2 rings (SSSR count). The van der Waals surface area contributed by atoms with Crippen LogP contribution in [0.5, 0.6) is 0 Å². The van der Waals surface area contributed by atoms with Crippen molar-refractivity contribution in [3.8, 4) is 0 Å². The van der Waals surface area contributed by atoms with Crippen LogP contribution in [0.25, 0.3) is 0 Å². The zero-order valence-corrected chi connectivity index (χ0v) is 15.3. The summed E-state index contributed by atoms with van der Waals surface area (Å²) in [6.07, 6.45) is 1.21. The molecule has 1 aromatic rings. The topological polar surface area (TPSA) is 44.8 Å². The first-order chi connectivity index (χ1) is 11.6. The van der Waals surface area contributed by atoms with Gasteiger partial charge in [0.1, 0.15) is 0 Å². The molecule has 1 heterocycles. The van der Waals surface area contributed by atoms with Crippen LogP contribution in [0.15, 0.2) is 24.3 Å². The molecule has 24 heavy (non-hydrogen) atoms. The molecule has 1 aromatic carbocycles. The van der Waals surface area contributed by atoms with Crippen molar-refractivity contribution in [2.24, 2.45) is 5.92 Å². The maximum absolute atomic E-state index is 12.1. The molecular formula is C19H31N3O2. The van der Waals surface area contributed by atoms with Gasteiger partial charge < -0.3 is 15.0 Å². The Labute approximate surface area is 146 Å².